The molecule has 0 fully saturated rings. The van der Waals surface area contributed by atoms with E-state index < -0.39 is 0 Å². The minimum Gasteiger partial charge on any atom is -0.385 e. The first-order chi connectivity index (χ1) is 9.35. The van der Waals surface area contributed by atoms with E-state index in [9.17, 15) is 0 Å². The summed E-state index contributed by atoms with van der Waals surface area (Å²) in [7, 11) is 1.76. The molecule has 1 unspecified atom stereocenters. The SMILES string of the molecule is CCNC(CCCOC)c1ccc2ccccc2c1. The Morgan fingerprint density at radius 3 is 2.63 bits per heavy atom. The van der Waals surface area contributed by atoms with Gasteiger partial charge < -0.3 is 10.1 Å². The lowest BCUT2D eigenvalue weighted by Crippen LogP contribution is -2.21. The van der Waals surface area contributed by atoms with Gasteiger partial charge in [-0.2, -0.15) is 0 Å². The van der Waals surface area contributed by atoms with E-state index in [4.69, 9.17) is 4.74 Å². The van der Waals surface area contributed by atoms with Gasteiger partial charge in [0.25, 0.3) is 0 Å². The summed E-state index contributed by atoms with van der Waals surface area (Å²) in [5.74, 6) is 0. The molecule has 0 saturated heterocycles. The van der Waals surface area contributed by atoms with Gasteiger partial charge in [0, 0.05) is 19.8 Å². The van der Waals surface area contributed by atoms with Gasteiger partial charge in [-0.15, -0.1) is 0 Å². The summed E-state index contributed by atoms with van der Waals surface area (Å²) >= 11 is 0. The van der Waals surface area contributed by atoms with Crippen molar-refractivity contribution in [1.29, 1.82) is 0 Å². The first kappa shape index (κ1) is 14.0. The molecule has 0 amide bonds. The van der Waals surface area contributed by atoms with Crippen molar-refractivity contribution >= 4 is 10.8 Å². The second-order valence-corrected chi connectivity index (χ2v) is 4.85. The molecule has 0 bridgehead atoms. The van der Waals surface area contributed by atoms with Crippen molar-refractivity contribution < 1.29 is 4.74 Å². The molecular formula is C17H23NO. The molecule has 0 aliphatic carbocycles. The monoisotopic (exact) mass is 257 g/mol. The first-order valence-corrected chi connectivity index (χ1v) is 7.06. The van der Waals surface area contributed by atoms with Gasteiger partial charge in [0.2, 0.25) is 0 Å². The number of hydrogen-bond acceptors (Lipinski definition) is 2. The number of nitrogens with one attached hydrogen (secondary N) is 1. The molecule has 2 aromatic rings. The molecule has 0 saturated carbocycles. The molecular weight excluding hydrogens is 234 g/mol. The van der Waals surface area contributed by atoms with Gasteiger partial charge in [-0.05, 0) is 41.8 Å². The lowest BCUT2D eigenvalue weighted by Gasteiger charge is -2.18. The Balaban J connectivity index is 2.17. The molecule has 2 heteroatoms. The van der Waals surface area contributed by atoms with Crippen molar-refractivity contribution in [1.82, 2.24) is 5.32 Å². The second-order valence-electron chi connectivity index (χ2n) is 4.85. The van der Waals surface area contributed by atoms with Crippen LogP contribution in [0.1, 0.15) is 31.4 Å². The van der Waals surface area contributed by atoms with Gasteiger partial charge in [0.15, 0.2) is 0 Å². The van der Waals surface area contributed by atoms with Gasteiger partial charge >= 0.3 is 0 Å². The van der Waals surface area contributed by atoms with Crippen LogP contribution in [-0.2, 0) is 4.74 Å². The van der Waals surface area contributed by atoms with Gasteiger partial charge in [-0.25, -0.2) is 0 Å². The fourth-order valence-corrected chi connectivity index (χ4v) is 2.49. The number of ether oxygens (including phenoxy) is 1. The van der Waals surface area contributed by atoms with Gasteiger partial charge in [0.1, 0.15) is 0 Å². The summed E-state index contributed by atoms with van der Waals surface area (Å²) < 4.78 is 5.15. The number of methoxy groups -OCH3 is 1. The number of hydrogen-bond donors (Lipinski definition) is 1. The standard InChI is InChI=1S/C17H23NO/c1-3-18-17(9-6-12-19-2)16-11-10-14-7-4-5-8-15(14)13-16/h4-5,7-8,10-11,13,17-18H,3,6,9,12H2,1-2H3. The molecule has 0 aromatic heterocycles. The molecule has 0 aliphatic heterocycles. The van der Waals surface area contributed by atoms with Gasteiger partial charge in [-0.1, -0.05) is 43.3 Å². The van der Waals surface area contributed by atoms with Crippen LogP contribution in [0.4, 0.5) is 0 Å². The topological polar surface area (TPSA) is 21.3 Å². The maximum absolute atomic E-state index is 5.15. The van der Waals surface area contributed by atoms with E-state index in [0.717, 1.165) is 26.0 Å². The number of rotatable bonds is 7. The average molecular weight is 257 g/mol. The van der Waals surface area contributed by atoms with Crippen LogP contribution >= 0.6 is 0 Å². The minimum atomic E-state index is 0.421. The highest BCUT2D eigenvalue weighted by atomic mass is 16.5. The Morgan fingerprint density at radius 1 is 1.11 bits per heavy atom. The van der Waals surface area contributed by atoms with Crippen molar-refractivity contribution in [2.24, 2.45) is 0 Å². The molecule has 19 heavy (non-hydrogen) atoms. The fraction of sp³-hybridized carbons (Fsp3) is 0.412. The third-order valence-corrected chi connectivity index (χ3v) is 3.47. The molecule has 0 spiro atoms. The first-order valence-electron chi connectivity index (χ1n) is 7.06. The quantitative estimate of drug-likeness (QED) is 0.759. The van der Waals surface area contributed by atoms with E-state index in [1.165, 1.54) is 16.3 Å². The minimum absolute atomic E-state index is 0.421. The van der Waals surface area contributed by atoms with E-state index in [1.54, 1.807) is 7.11 Å². The van der Waals surface area contributed by atoms with Crippen LogP contribution in [-0.4, -0.2) is 20.3 Å². The molecule has 102 valence electrons. The van der Waals surface area contributed by atoms with E-state index in [-0.39, 0.29) is 0 Å². The molecule has 1 atom stereocenters. The summed E-state index contributed by atoms with van der Waals surface area (Å²) in [5.41, 5.74) is 1.37. The molecule has 0 heterocycles. The second kappa shape index (κ2) is 7.27. The van der Waals surface area contributed by atoms with Crippen molar-refractivity contribution in [3.63, 3.8) is 0 Å². The highest BCUT2D eigenvalue weighted by molar-refractivity contribution is 5.83. The summed E-state index contributed by atoms with van der Waals surface area (Å²) in [6.07, 6.45) is 2.20. The summed E-state index contributed by atoms with van der Waals surface area (Å²) in [5, 5.41) is 6.19. The van der Waals surface area contributed by atoms with Crippen molar-refractivity contribution in [3.05, 3.63) is 48.0 Å². The molecule has 0 radical (unpaired) electrons. The third kappa shape index (κ3) is 3.79. The fourth-order valence-electron chi connectivity index (χ4n) is 2.49. The Hall–Kier alpha value is -1.38. The zero-order valence-electron chi connectivity index (χ0n) is 11.9. The Morgan fingerprint density at radius 2 is 1.89 bits per heavy atom. The molecule has 2 rings (SSSR count). The van der Waals surface area contributed by atoms with Crippen LogP contribution in [0.25, 0.3) is 10.8 Å². The highest BCUT2D eigenvalue weighted by Gasteiger charge is 2.10. The predicted octanol–water partition coefficient (Wildman–Crippen LogP) is 3.92. The van der Waals surface area contributed by atoms with Crippen LogP contribution < -0.4 is 5.32 Å². The maximum atomic E-state index is 5.15. The van der Waals surface area contributed by atoms with E-state index in [0.29, 0.717) is 6.04 Å². The van der Waals surface area contributed by atoms with Crippen molar-refractivity contribution in [3.8, 4) is 0 Å². The zero-order valence-corrected chi connectivity index (χ0v) is 11.9. The van der Waals surface area contributed by atoms with Crippen LogP contribution in [0.2, 0.25) is 0 Å². The lowest BCUT2D eigenvalue weighted by atomic mass is 9.98. The number of benzene rings is 2. The van der Waals surface area contributed by atoms with E-state index in [2.05, 4.69) is 54.7 Å². The predicted molar refractivity (Wildman–Crippen MR) is 81.5 cm³/mol. The summed E-state index contributed by atoms with van der Waals surface area (Å²) in [6.45, 7) is 3.98. The lowest BCUT2D eigenvalue weighted by molar-refractivity contribution is 0.189. The Bertz CT molecular complexity index is 509. The third-order valence-electron chi connectivity index (χ3n) is 3.47. The normalized spacial score (nSPS) is 12.7. The number of fused-ring (bicyclic) bond motifs is 1. The highest BCUT2D eigenvalue weighted by Crippen LogP contribution is 2.23. The molecule has 2 nitrogen and oxygen atoms in total. The zero-order chi connectivity index (χ0) is 13.5. The maximum Gasteiger partial charge on any atom is 0.0462 e. The smallest absolute Gasteiger partial charge is 0.0462 e. The molecule has 1 N–H and O–H groups in total. The van der Waals surface area contributed by atoms with Gasteiger partial charge in [-0.3, -0.25) is 0 Å². The Kier molecular flexibility index (Phi) is 5.37. The molecule has 0 aliphatic rings. The van der Waals surface area contributed by atoms with Gasteiger partial charge in [0.05, 0.1) is 0 Å². The van der Waals surface area contributed by atoms with Crippen molar-refractivity contribution in [2.45, 2.75) is 25.8 Å². The van der Waals surface area contributed by atoms with E-state index >= 15 is 0 Å². The van der Waals surface area contributed by atoms with Crippen molar-refractivity contribution in [2.75, 3.05) is 20.3 Å². The van der Waals surface area contributed by atoms with Crippen LogP contribution in [0.15, 0.2) is 42.5 Å². The summed E-state index contributed by atoms with van der Waals surface area (Å²) in [4.78, 5) is 0. The molecule has 2 aromatic carbocycles. The average Bonchev–Trinajstić information content (AvgIpc) is 2.46. The largest absolute Gasteiger partial charge is 0.385 e. The summed E-state index contributed by atoms with van der Waals surface area (Å²) in [6, 6.07) is 15.7. The van der Waals surface area contributed by atoms with Crippen LogP contribution in [0, 0.1) is 0 Å². The van der Waals surface area contributed by atoms with E-state index in [1.807, 2.05) is 0 Å². The Labute approximate surface area is 115 Å². The van der Waals surface area contributed by atoms with Crippen LogP contribution in [0.3, 0.4) is 0 Å². The van der Waals surface area contributed by atoms with Crippen LogP contribution in [0.5, 0.6) is 0 Å².